The van der Waals surface area contributed by atoms with Crippen LogP contribution in [0.15, 0.2) is 36.9 Å². The highest BCUT2D eigenvalue weighted by atomic mass is 35.5. The van der Waals surface area contributed by atoms with Gasteiger partial charge in [-0.05, 0) is 24.7 Å². The summed E-state index contributed by atoms with van der Waals surface area (Å²) in [5.41, 5.74) is 1.14. The lowest BCUT2D eigenvalue weighted by molar-refractivity contribution is 0.298. The quantitative estimate of drug-likeness (QED) is 0.871. The van der Waals surface area contributed by atoms with Crippen LogP contribution in [0.1, 0.15) is 5.56 Å². The molecule has 0 aliphatic heterocycles. The van der Waals surface area contributed by atoms with Crippen molar-refractivity contribution in [3.8, 4) is 5.75 Å². The number of halogens is 1. The number of imidazole rings is 1. The van der Waals surface area contributed by atoms with E-state index in [1.807, 2.05) is 36.0 Å². The molecule has 0 fully saturated rings. The maximum absolute atomic E-state index is 6.15. The highest BCUT2D eigenvalue weighted by molar-refractivity contribution is 6.32. The predicted octanol–water partition coefficient (Wildman–Crippen LogP) is 2.33. The summed E-state index contributed by atoms with van der Waals surface area (Å²) in [7, 11) is 1.91. The molecular formula is C13H16ClN3O. The van der Waals surface area contributed by atoms with Crippen molar-refractivity contribution in [1.29, 1.82) is 0 Å². The number of benzene rings is 1. The Labute approximate surface area is 112 Å². The minimum Gasteiger partial charge on any atom is -0.490 e. The zero-order valence-electron chi connectivity index (χ0n) is 10.3. The first kappa shape index (κ1) is 12.9. The Morgan fingerprint density at radius 2 is 2.33 bits per heavy atom. The monoisotopic (exact) mass is 265 g/mol. The first-order valence-electron chi connectivity index (χ1n) is 5.81. The van der Waals surface area contributed by atoms with Crippen LogP contribution in [-0.2, 0) is 13.1 Å². The Morgan fingerprint density at radius 1 is 1.44 bits per heavy atom. The van der Waals surface area contributed by atoms with Crippen LogP contribution in [0.5, 0.6) is 5.75 Å². The Morgan fingerprint density at radius 3 is 3.00 bits per heavy atom. The van der Waals surface area contributed by atoms with E-state index >= 15 is 0 Å². The van der Waals surface area contributed by atoms with Gasteiger partial charge in [-0.25, -0.2) is 4.98 Å². The van der Waals surface area contributed by atoms with E-state index in [0.29, 0.717) is 11.6 Å². The first-order valence-corrected chi connectivity index (χ1v) is 6.19. The van der Waals surface area contributed by atoms with E-state index in [1.165, 1.54) is 0 Å². The molecule has 0 aliphatic rings. The maximum atomic E-state index is 6.15. The highest BCUT2D eigenvalue weighted by Crippen LogP contribution is 2.25. The average molecular weight is 266 g/mol. The molecule has 2 rings (SSSR count). The second kappa shape index (κ2) is 6.42. The number of nitrogens with one attached hydrogen (secondary N) is 1. The molecule has 1 aromatic carbocycles. The van der Waals surface area contributed by atoms with E-state index < -0.39 is 0 Å². The van der Waals surface area contributed by atoms with E-state index in [-0.39, 0.29) is 0 Å². The van der Waals surface area contributed by atoms with E-state index in [9.17, 15) is 0 Å². The first-order chi connectivity index (χ1) is 8.79. The second-order valence-corrected chi connectivity index (χ2v) is 4.35. The zero-order chi connectivity index (χ0) is 12.8. The molecule has 2 aromatic rings. The van der Waals surface area contributed by atoms with E-state index in [0.717, 1.165) is 24.4 Å². The molecule has 0 aliphatic carbocycles. The fourth-order valence-corrected chi connectivity index (χ4v) is 1.91. The topological polar surface area (TPSA) is 39.1 Å². The number of aromatic nitrogens is 2. The number of hydrogen-bond donors (Lipinski definition) is 1. The molecule has 0 saturated heterocycles. The zero-order valence-corrected chi connectivity index (χ0v) is 11.0. The van der Waals surface area contributed by atoms with Gasteiger partial charge >= 0.3 is 0 Å². The molecule has 1 N–H and O–H groups in total. The van der Waals surface area contributed by atoms with Crippen LogP contribution in [0.4, 0.5) is 0 Å². The summed E-state index contributed by atoms with van der Waals surface area (Å²) in [5.74, 6) is 0.719. The van der Waals surface area contributed by atoms with Crippen molar-refractivity contribution in [3.63, 3.8) is 0 Å². The van der Waals surface area contributed by atoms with Crippen LogP contribution in [0.25, 0.3) is 0 Å². The van der Waals surface area contributed by atoms with Gasteiger partial charge in [0.05, 0.1) is 17.9 Å². The smallest absolute Gasteiger partial charge is 0.137 e. The summed E-state index contributed by atoms with van der Waals surface area (Å²) >= 11 is 6.15. The molecule has 0 spiro atoms. The van der Waals surface area contributed by atoms with Gasteiger partial charge in [-0.1, -0.05) is 17.7 Å². The molecular weight excluding hydrogens is 250 g/mol. The van der Waals surface area contributed by atoms with Crippen LogP contribution in [0.2, 0.25) is 5.02 Å². The van der Waals surface area contributed by atoms with Gasteiger partial charge in [0.15, 0.2) is 0 Å². The highest BCUT2D eigenvalue weighted by Gasteiger charge is 2.02. The molecule has 0 unspecified atom stereocenters. The van der Waals surface area contributed by atoms with Gasteiger partial charge in [0.2, 0.25) is 0 Å². The molecule has 96 valence electrons. The van der Waals surface area contributed by atoms with Crippen LogP contribution in [-0.4, -0.2) is 23.2 Å². The van der Waals surface area contributed by atoms with Crippen molar-refractivity contribution in [1.82, 2.24) is 14.9 Å². The van der Waals surface area contributed by atoms with Gasteiger partial charge in [-0.15, -0.1) is 0 Å². The number of ether oxygens (including phenoxy) is 1. The second-order valence-electron chi connectivity index (χ2n) is 3.94. The van der Waals surface area contributed by atoms with Crippen molar-refractivity contribution >= 4 is 11.6 Å². The number of rotatable bonds is 6. The van der Waals surface area contributed by atoms with E-state index in [2.05, 4.69) is 10.3 Å². The number of hydrogen-bond acceptors (Lipinski definition) is 3. The van der Waals surface area contributed by atoms with Gasteiger partial charge in [0, 0.05) is 18.9 Å². The maximum Gasteiger partial charge on any atom is 0.137 e. The SMILES string of the molecule is CNCc1ccc(OCCn2ccnc2)c(Cl)c1. The summed E-state index contributed by atoms with van der Waals surface area (Å²) in [6.07, 6.45) is 5.42. The molecule has 0 amide bonds. The van der Waals surface area contributed by atoms with Gasteiger partial charge in [0.25, 0.3) is 0 Å². The third-order valence-corrected chi connectivity index (χ3v) is 2.84. The van der Waals surface area contributed by atoms with Gasteiger partial charge in [-0.3, -0.25) is 0 Å². The molecule has 0 saturated carbocycles. The summed E-state index contributed by atoms with van der Waals surface area (Å²) in [5, 5.41) is 3.73. The molecule has 18 heavy (non-hydrogen) atoms. The predicted molar refractivity (Wildman–Crippen MR) is 71.9 cm³/mol. The normalized spacial score (nSPS) is 10.6. The van der Waals surface area contributed by atoms with E-state index in [1.54, 1.807) is 12.5 Å². The lowest BCUT2D eigenvalue weighted by Crippen LogP contribution is -2.07. The van der Waals surface area contributed by atoms with Crippen LogP contribution in [0.3, 0.4) is 0 Å². The van der Waals surface area contributed by atoms with Crippen LogP contribution >= 0.6 is 11.6 Å². The minimum atomic E-state index is 0.571. The van der Waals surface area contributed by atoms with Gasteiger partial charge in [0.1, 0.15) is 12.4 Å². The fraction of sp³-hybridized carbons (Fsp3) is 0.308. The van der Waals surface area contributed by atoms with E-state index in [4.69, 9.17) is 16.3 Å². The van der Waals surface area contributed by atoms with Crippen molar-refractivity contribution in [2.24, 2.45) is 0 Å². The van der Waals surface area contributed by atoms with Crippen molar-refractivity contribution in [3.05, 3.63) is 47.5 Å². The van der Waals surface area contributed by atoms with Crippen molar-refractivity contribution in [2.75, 3.05) is 13.7 Å². The molecule has 1 heterocycles. The summed E-state index contributed by atoms with van der Waals surface area (Å²) in [4.78, 5) is 3.97. The molecule has 1 aromatic heterocycles. The summed E-state index contributed by atoms with van der Waals surface area (Å²) < 4.78 is 7.60. The largest absolute Gasteiger partial charge is 0.490 e. The summed E-state index contributed by atoms with van der Waals surface area (Å²) in [6, 6.07) is 5.84. The minimum absolute atomic E-state index is 0.571. The van der Waals surface area contributed by atoms with Crippen LogP contribution in [0, 0.1) is 0 Å². The third kappa shape index (κ3) is 3.48. The molecule has 5 heteroatoms. The van der Waals surface area contributed by atoms with Crippen molar-refractivity contribution < 1.29 is 4.74 Å². The Hall–Kier alpha value is -1.52. The lowest BCUT2D eigenvalue weighted by atomic mass is 10.2. The number of nitrogens with zero attached hydrogens (tertiary/aromatic N) is 2. The van der Waals surface area contributed by atoms with Gasteiger partial charge < -0.3 is 14.6 Å². The van der Waals surface area contributed by atoms with Gasteiger partial charge in [-0.2, -0.15) is 0 Å². The van der Waals surface area contributed by atoms with Crippen molar-refractivity contribution in [2.45, 2.75) is 13.1 Å². The lowest BCUT2D eigenvalue weighted by Gasteiger charge is -2.09. The molecule has 0 atom stereocenters. The standard InChI is InChI=1S/C13H16ClN3O/c1-15-9-11-2-3-13(12(14)8-11)18-7-6-17-5-4-16-10-17/h2-5,8,10,15H,6-7,9H2,1H3. The summed E-state index contributed by atoms with van der Waals surface area (Å²) in [6.45, 7) is 2.13. The third-order valence-electron chi connectivity index (χ3n) is 2.54. The average Bonchev–Trinajstić information content (AvgIpc) is 2.85. The molecule has 0 radical (unpaired) electrons. The Balaban J connectivity index is 1.89. The molecule has 0 bridgehead atoms. The fourth-order valence-electron chi connectivity index (χ4n) is 1.66. The Bertz CT molecular complexity index is 485. The molecule has 4 nitrogen and oxygen atoms in total. The van der Waals surface area contributed by atoms with Crippen LogP contribution < -0.4 is 10.1 Å². The Kier molecular flexibility index (Phi) is 4.61.